The molecule has 11 heteroatoms. The van der Waals surface area contributed by atoms with Crippen LogP contribution in [-0.4, -0.2) is 29.7 Å². The molecular formula is C20H15F3N4O3S. The van der Waals surface area contributed by atoms with Gasteiger partial charge in [0, 0.05) is 29.4 Å². The van der Waals surface area contributed by atoms with Gasteiger partial charge in [0.05, 0.1) is 23.3 Å². The van der Waals surface area contributed by atoms with E-state index in [1.54, 1.807) is 6.07 Å². The van der Waals surface area contributed by atoms with Crippen molar-refractivity contribution in [3.8, 4) is 17.0 Å². The van der Waals surface area contributed by atoms with Gasteiger partial charge in [-0.2, -0.15) is 25.7 Å². The van der Waals surface area contributed by atoms with Gasteiger partial charge in [-0.05, 0) is 41.8 Å². The second kappa shape index (κ2) is 7.27. The topological polar surface area (TPSA) is 100 Å². The summed E-state index contributed by atoms with van der Waals surface area (Å²) in [6.07, 6.45) is -1.84. The van der Waals surface area contributed by atoms with Crippen molar-refractivity contribution in [3.05, 3.63) is 66.5 Å². The zero-order chi connectivity index (χ0) is 22.4. The first-order chi connectivity index (χ1) is 14.6. The number of hydrogen-bond acceptors (Lipinski definition) is 6. The number of halogens is 3. The highest BCUT2D eigenvalue weighted by Gasteiger charge is 2.31. The third-order valence-electron chi connectivity index (χ3n) is 4.65. The molecular weight excluding hydrogens is 433 g/mol. The lowest BCUT2D eigenvalue weighted by molar-refractivity contribution is -0.137. The molecule has 4 rings (SSSR count). The molecule has 160 valence electrons. The summed E-state index contributed by atoms with van der Waals surface area (Å²) in [6, 6.07) is 10.4. The van der Waals surface area contributed by atoms with Gasteiger partial charge in [0.25, 0.3) is 10.0 Å². The molecule has 0 amide bonds. The first-order valence-electron chi connectivity index (χ1n) is 8.82. The number of pyridine rings is 1. The summed E-state index contributed by atoms with van der Waals surface area (Å²) in [5, 5.41) is 4.80. The average molecular weight is 448 g/mol. The van der Waals surface area contributed by atoms with E-state index in [0.717, 1.165) is 16.2 Å². The fraction of sp³-hybridized carbons (Fsp3) is 0.100. The molecule has 31 heavy (non-hydrogen) atoms. The number of anilines is 1. The van der Waals surface area contributed by atoms with Crippen LogP contribution in [0.5, 0.6) is 5.75 Å². The van der Waals surface area contributed by atoms with Crippen LogP contribution >= 0.6 is 0 Å². The number of hydrogen-bond donors (Lipinski definition) is 1. The highest BCUT2D eigenvalue weighted by Crippen LogP contribution is 2.38. The van der Waals surface area contributed by atoms with Gasteiger partial charge in [-0.25, -0.2) is 0 Å². The SMILES string of the molecule is COc1cc(C(F)(F)F)ccc1-c1nccc2cc(S(=O)(=O)n3ccc(N)n3)ccc12. The molecule has 0 atom stereocenters. The van der Waals surface area contributed by atoms with Gasteiger partial charge in [0.2, 0.25) is 0 Å². The summed E-state index contributed by atoms with van der Waals surface area (Å²) in [5.41, 5.74) is 5.36. The number of rotatable bonds is 4. The van der Waals surface area contributed by atoms with Crippen molar-refractivity contribution in [2.24, 2.45) is 0 Å². The number of ether oxygens (including phenoxy) is 1. The highest BCUT2D eigenvalue weighted by atomic mass is 32.2. The first-order valence-corrected chi connectivity index (χ1v) is 10.3. The van der Waals surface area contributed by atoms with Gasteiger partial charge in [-0.3, -0.25) is 4.98 Å². The number of nitrogens with zero attached hydrogens (tertiary/aromatic N) is 3. The maximum absolute atomic E-state index is 13.0. The molecule has 0 saturated carbocycles. The van der Waals surface area contributed by atoms with Crippen LogP contribution in [-0.2, 0) is 16.2 Å². The Balaban J connectivity index is 1.85. The Kier molecular flexibility index (Phi) is 4.85. The number of fused-ring (bicyclic) bond motifs is 1. The Morgan fingerprint density at radius 2 is 1.84 bits per heavy atom. The minimum absolute atomic E-state index is 0.00135. The number of alkyl halides is 3. The predicted molar refractivity (Wildman–Crippen MR) is 108 cm³/mol. The molecule has 0 aliphatic heterocycles. The molecule has 0 spiro atoms. The third-order valence-corrected chi connectivity index (χ3v) is 6.20. The molecule has 7 nitrogen and oxygen atoms in total. The average Bonchev–Trinajstić information content (AvgIpc) is 3.19. The van der Waals surface area contributed by atoms with Gasteiger partial charge in [0.15, 0.2) is 0 Å². The Hall–Kier alpha value is -3.60. The lowest BCUT2D eigenvalue weighted by Crippen LogP contribution is -2.13. The van der Waals surface area contributed by atoms with E-state index in [0.29, 0.717) is 22.0 Å². The van der Waals surface area contributed by atoms with Crippen molar-refractivity contribution in [1.29, 1.82) is 0 Å². The van der Waals surface area contributed by atoms with Crippen LogP contribution in [0.1, 0.15) is 5.56 Å². The van der Waals surface area contributed by atoms with Crippen molar-refractivity contribution in [2.45, 2.75) is 11.1 Å². The van der Waals surface area contributed by atoms with E-state index in [9.17, 15) is 21.6 Å². The monoisotopic (exact) mass is 448 g/mol. The van der Waals surface area contributed by atoms with Crippen molar-refractivity contribution in [2.75, 3.05) is 12.8 Å². The van der Waals surface area contributed by atoms with Gasteiger partial charge in [0.1, 0.15) is 11.6 Å². The molecule has 0 bridgehead atoms. The van der Waals surface area contributed by atoms with E-state index >= 15 is 0 Å². The van der Waals surface area contributed by atoms with E-state index in [1.165, 1.54) is 49.8 Å². The number of benzene rings is 2. The molecule has 2 heterocycles. The van der Waals surface area contributed by atoms with Crippen LogP contribution in [0.15, 0.2) is 65.8 Å². The Labute approximate surface area is 174 Å². The second-order valence-electron chi connectivity index (χ2n) is 6.57. The molecule has 0 aliphatic rings. The van der Waals surface area contributed by atoms with Crippen LogP contribution in [0.25, 0.3) is 22.0 Å². The normalized spacial score (nSPS) is 12.3. The van der Waals surface area contributed by atoms with E-state index in [1.807, 2.05) is 0 Å². The molecule has 2 N–H and O–H groups in total. The largest absolute Gasteiger partial charge is 0.496 e. The minimum Gasteiger partial charge on any atom is -0.496 e. The predicted octanol–water partition coefficient (Wildman–Crippen LogP) is 3.94. The second-order valence-corrected chi connectivity index (χ2v) is 8.37. The molecule has 0 saturated heterocycles. The molecule has 2 aromatic heterocycles. The number of aromatic nitrogens is 3. The quantitative estimate of drug-likeness (QED) is 0.508. The summed E-state index contributed by atoms with van der Waals surface area (Å²) in [7, 11) is -2.70. The molecule has 2 aromatic carbocycles. The minimum atomic E-state index is -4.52. The van der Waals surface area contributed by atoms with Crippen molar-refractivity contribution in [3.63, 3.8) is 0 Å². The zero-order valence-corrected chi connectivity index (χ0v) is 16.8. The number of nitrogen functional groups attached to an aromatic ring is 1. The molecule has 0 radical (unpaired) electrons. The number of methoxy groups -OCH3 is 1. The lowest BCUT2D eigenvalue weighted by Gasteiger charge is -2.14. The summed E-state index contributed by atoms with van der Waals surface area (Å²) in [5.74, 6) is 0.0591. The third kappa shape index (κ3) is 3.67. The van der Waals surface area contributed by atoms with E-state index in [-0.39, 0.29) is 16.5 Å². The Morgan fingerprint density at radius 1 is 1.06 bits per heavy atom. The van der Waals surface area contributed by atoms with Crippen LogP contribution in [0.4, 0.5) is 19.0 Å². The van der Waals surface area contributed by atoms with Crippen molar-refractivity contribution < 1.29 is 26.3 Å². The number of nitrogens with two attached hydrogens (primary N) is 1. The van der Waals surface area contributed by atoms with Gasteiger partial charge in [-0.1, -0.05) is 6.07 Å². The summed E-state index contributed by atoms with van der Waals surface area (Å²) in [4.78, 5) is 4.26. The van der Waals surface area contributed by atoms with Crippen LogP contribution in [0.3, 0.4) is 0 Å². The molecule has 0 fully saturated rings. The van der Waals surface area contributed by atoms with Crippen molar-refractivity contribution in [1.82, 2.24) is 14.2 Å². The lowest BCUT2D eigenvalue weighted by atomic mass is 10.0. The van der Waals surface area contributed by atoms with Gasteiger partial charge < -0.3 is 10.5 Å². The van der Waals surface area contributed by atoms with Crippen molar-refractivity contribution >= 4 is 26.6 Å². The van der Waals surface area contributed by atoms with E-state index in [2.05, 4.69) is 10.1 Å². The van der Waals surface area contributed by atoms with E-state index in [4.69, 9.17) is 10.5 Å². The summed E-state index contributed by atoms with van der Waals surface area (Å²) in [6.45, 7) is 0. The smallest absolute Gasteiger partial charge is 0.416 e. The molecule has 0 unspecified atom stereocenters. The first kappa shape index (κ1) is 20.7. The fourth-order valence-corrected chi connectivity index (χ4v) is 4.31. The Bertz CT molecular complexity index is 1400. The maximum Gasteiger partial charge on any atom is 0.416 e. The fourth-order valence-electron chi connectivity index (χ4n) is 3.16. The van der Waals surface area contributed by atoms with Gasteiger partial charge in [-0.15, -0.1) is 5.10 Å². The Morgan fingerprint density at radius 3 is 2.48 bits per heavy atom. The summed E-state index contributed by atoms with van der Waals surface area (Å²) < 4.78 is 70.6. The van der Waals surface area contributed by atoms with Gasteiger partial charge >= 0.3 is 6.18 Å². The van der Waals surface area contributed by atoms with E-state index < -0.39 is 21.8 Å². The zero-order valence-electron chi connectivity index (χ0n) is 16.0. The summed E-state index contributed by atoms with van der Waals surface area (Å²) >= 11 is 0. The van der Waals surface area contributed by atoms with Crippen LogP contribution < -0.4 is 10.5 Å². The highest BCUT2D eigenvalue weighted by molar-refractivity contribution is 7.89. The molecule has 0 aliphatic carbocycles. The molecule has 4 aromatic rings. The van der Waals surface area contributed by atoms with Crippen LogP contribution in [0.2, 0.25) is 0 Å². The maximum atomic E-state index is 13.0. The van der Waals surface area contributed by atoms with Crippen LogP contribution in [0, 0.1) is 0 Å². The standard InChI is InChI=1S/C20H15F3N4O3S/c1-30-17-11-13(20(21,22)23)2-4-16(17)19-15-5-3-14(10-12(15)6-8-25-19)31(28,29)27-9-7-18(24)26-27/h2-11H,1H3,(H2,24,26).